The molecule has 0 aromatic carbocycles. The number of amides is 2. The lowest BCUT2D eigenvalue weighted by Crippen LogP contribution is -2.54. The van der Waals surface area contributed by atoms with Crippen molar-refractivity contribution in [2.45, 2.75) is 69.4 Å². The van der Waals surface area contributed by atoms with Crippen molar-refractivity contribution in [2.75, 3.05) is 13.6 Å². The number of nitrogens with zero attached hydrogens (tertiary/aromatic N) is 1. The molecule has 5 nitrogen and oxygen atoms in total. The molecule has 0 spiro atoms. The summed E-state index contributed by atoms with van der Waals surface area (Å²) in [5.74, 6) is -0.273. The number of rotatable bonds is 4. The van der Waals surface area contributed by atoms with Crippen molar-refractivity contribution in [3.63, 3.8) is 0 Å². The summed E-state index contributed by atoms with van der Waals surface area (Å²) >= 11 is 0. The first-order valence-corrected chi connectivity index (χ1v) is 7.86. The van der Waals surface area contributed by atoms with Gasteiger partial charge in [0, 0.05) is 18.5 Å². The Morgan fingerprint density at radius 1 is 1.20 bits per heavy atom. The SMILES string of the molecule is CNC1(CC(=O)N2CCCCC2C(N)=O)CCCCC1. The first kappa shape index (κ1) is 15.3. The van der Waals surface area contributed by atoms with E-state index in [-0.39, 0.29) is 17.4 Å². The van der Waals surface area contributed by atoms with Crippen LogP contribution in [0.5, 0.6) is 0 Å². The summed E-state index contributed by atoms with van der Waals surface area (Å²) in [5.41, 5.74) is 5.37. The fourth-order valence-electron chi connectivity index (χ4n) is 3.66. The maximum absolute atomic E-state index is 12.6. The van der Waals surface area contributed by atoms with Gasteiger partial charge >= 0.3 is 0 Å². The normalized spacial score (nSPS) is 26.2. The Balaban J connectivity index is 2.03. The number of carbonyl (C=O) groups is 2. The van der Waals surface area contributed by atoms with Gasteiger partial charge in [-0.1, -0.05) is 19.3 Å². The molecule has 1 heterocycles. The number of carbonyl (C=O) groups excluding carboxylic acids is 2. The largest absolute Gasteiger partial charge is 0.368 e. The smallest absolute Gasteiger partial charge is 0.240 e. The zero-order valence-corrected chi connectivity index (χ0v) is 12.5. The molecule has 2 aliphatic rings. The number of nitrogens with two attached hydrogens (primary N) is 1. The maximum atomic E-state index is 12.6. The molecule has 1 saturated heterocycles. The second-order valence-corrected chi connectivity index (χ2v) is 6.27. The van der Waals surface area contributed by atoms with Crippen LogP contribution in [-0.4, -0.2) is 41.9 Å². The van der Waals surface area contributed by atoms with Crippen LogP contribution >= 0.6 is 0 Å². The van der Waals surface area contributed by atoms with E-state index in [1.165, 1.54) is 19.3 Å². The lowest BCUT2D eigenvalue weighted by Gasteiger charge is -2.40. The standard InChI is InChI=1S/C15H27N3O2/c1-17-15(8-4-2-5-9-15)11-13(19)18-10-6-3-7-12(18)14(16)20/h12,17H,2-11H2,1H3,(H2,16,20). The van der Waals surface area contributed by atoms with Gasteiger partial charge in [-0.2, -0.15) is 0 Å². The number of nitrogens with one attached hydrogen (secondary N) is 1. The van der Waals surface area contributed by atoms with E-state index in [2.05, 4.69) is 5.32 Å². The molecule has 2 fully saturated rings. The summed E-state index contributed by atoms with van der Waals surface area (Å²) < 4.78 is 0. The molecule has 5 heteroatoms. The second kappa shape index (κ2) is 6.57. The van der Waals surface area contributed by atoms with Crippen molar-refractivity contribution in [1.29, 1.82) is 0 Å². The Hall–Kier alpha value is -1.10. The summed E-state index contributed by atoms with van der Waals surface area (Å²) in [7, 11) is 1.94. The molecule has 20 heavy (non-hydrogen) atoms. The molecule has 1 unspecified atom stereocenters. The molecule has 1 aliphatic heterocycles. The minimum Gasteiger partial charge on any atom is -0.368 e. The topological polar surface area (TPSA) is 75.4 Å². The van der Waals surface area contributed by atoms with Crippen molar-refractivity contribution in [1.82, 2.24) is 10.2 Å². The fourth-order valence-corrected chi connectivity index (χ4v) is 3.66. The predicted octanol–water partition coefficient (Wildman–Crippen LogP) is 1.17. The zero-order chi connectivity index (χ0) is 14.6. The van der Waals surface area contributed by atoms with Gasteiger partial charge in [-0.25, -0.2) is 0 Å². The van der Waals surface area contributed by atoms with Gasteiger partial charge in [-0.05, 0) is 39.2 Å². The summed E-state index contributed by atoms with van der Waals surface area (Å²) in [6, 6.07) is -0.395. The first-order chi connectivity index (χ1) is 9.58. The molecular weight excluding hydrogens is 254 g/mol. The molecule has 0 bridgehead atoms. The third-order valence-corrected chi connectivity index (χ3v) is 4.98. The van der Waals surface area contributed by atoms with Gasteiger partial charge in [0.15, 0.2) is 0 Å². The highest BCUT2D eigenvalue weighted by molar-refractivity contribution is 5.87. The van der Waals surface area contributed by atoms with Crippen LogP contribution in [0.3, 0.4) is 0 Å². The van der Waals surface area contributed by atoms with Gasteiger partial charge in [0.25, 0.3) is 0 Å². The highest BCUT2D eigenvalue weighted by Crippen LogP contribution is 2.32. The average Bonchev–Trinajstić information content (AvgIpc) is 2.48. The van der Waals surface area contributed by atoms with Gasteiger partial charge in [0.1, 0.15) is 6.04 Å². The van der Waals surface area contributed by atoms with Crippen molar-refractivity contribution >= 4 is 11.8 Å². The zero-order valence-electron chi connectivity index (χ0n) is 12.5. The van der Waals surface area contributed by atoms with E-state index in [0.29, 0.717) is 19.4 Å². The Kier molecular flexibility index (Phi) is 5.02. The summed E-state index contributed by atoms with van der Waals surface area (Å²) in [6.07, 6.45) is 8.86. The third-order valence-electron chi connectivity index (χ3n) is 4.98. The molecule has 0 aromatic heterocycles. The van der Waals surface area contributed by atoms with Crippen LogP contribution in [0.1, 0.15) is 57.8 Å². The molecule has 0 aromatic rings. The molecule has 114 valence electrons. The third kappa shape index (κ3) is 3.32. The van der Waals surface area contributed by atoms with Gasteiger partial charge in [-0.15, -0.1) is 0 Å². The number of hydrogen-bond acceptors (Lipinski definition) is 3. The van der Waals surface area contributed by atoms with Crippen LogP contribution in [0.15, 0.2) is 0 Å². The average molecular weight is 281 g/mol. The molecule has 1 atom stereocenters. The highest BCUT2D eigenvalue weighted by atomic mass is 16.2. The lowest BCUT2D eigenvalue weighted by molar-refractivity contribution is -0.142. The van der Waals surface area contributed by atoms with Gasteiger partial charge < -0.3 is 16.0 Å². The Morgan fingerprint density at radius 2 is 1.90 bits per heavy atom. The first-order valence-electron chi connectivity index (χ1n) is 7.86. The molecule has 0 radical (unpaired) electrons. The highest BCUT2D eigenvalue weighted by Gasteiger charge is 2.37. The molecular formula is C15H27N3O2. The van der Waals surface area contributed by atoms with Crippen molar-refractivity contribution in [2.24, 2.45) is 5.73 Å². The number of hydrogen-bond donors (Lipinski definition) is 2. The number of piperidine rings is 1. The van der Waals surface area contributed by atoms with Crippen LogP contribution in [0, 0.1) is 0 Å². The fraction of sp³-hybridized carbons (Fsp3) is 0.867. The monoisotopic (exact) mass is 281 g/mol. The van der Waals surface area contributed by atoms with Crippen LogP contribution in [0.2, 0.25) is 0 Å². The van der Waals surface area contributed by atoms with E-state index >= 15 is 0 Å². The van der Waals surface area contributed by atoms with E-state index in [4.69, 9.17) is 5.73 Å². The van der Waals surface area contributed by atoms with Crippen LogP contribution in [-0.2, 0) is 9.59 Å². The number of primary amides is 1. The molecule has 2 rings (SSSR count). The van der Waals surface area contributed by atoms with Crippen LogP contribution in [0.4, 0.5) is 0 Å². The summed E-state index contributed by atoms with van der Waals surface area (Å²) in [5, 5.41) is 3.37. The summed E-state index contributed by atoms with van der Waals surface area (Å²) in [4.78, 5) is 25.9. The molecule has 3 N–H and O–H groups in total. The quantitative estimate of drug-likeness (QED) is 0.812. The van der Waals surface area contributed by atoms with Crippen LogP contribution in [0.25, 0.3) is 0 Å². The van der Waals surface area contributed by atoms with E-state index in [1.807, 2.05) is 7.05 Å². The molecule has 2 amide bonds. The Labute approximate surface area is 121 Å². The van der Waals surface area contributed by atoms with E-state index in [9.17, 15) is 9.59 Å². The van der Waals surface area contributed by atoms with Gasteiger partial charge in [0.05, 0.1) is 0 Å². The summed E-state index contributed by atoms with van der Waals surface area (Å²) in [6.45, 7) is 0.673. The maximum Gasteiger partial charge on any atom is 0.240 e. The van der Waals surface area contributed by atoms with E-state index in [1.54, 1.807) is 4.90 Å². The minimum atomic E-state index is -0.395. The Bertz CT molecular complexity index is 364. The van der Waals surface area contributed by atoms with Gasteiger partial charge in [0.2, 0.25) is 11.8 Å². The second-order valence-electron chi connectivity index (χ2n) is 6.27. The van der Waals surface area contributed by atoms with Gasteiger partial charge in [-0.3, -0.25) is 9.59 Å². The van der Waals surface area contributed by atoms with Crippen LogP contribution < -0.4 is 11.1 Å². The van der Waals surface area contributed by atoms with E-state index < -0.39 is 6.04 Å². The van der Waals surface area contributed by atoms with Crippen molar-refractivity contribution in [3.8, 4) is 0 Å². The minimum absolute atomic E-state index is 0.0744. The van der Waals surface area contributed by atoms with Crippen molar-refractivity contribution < 1.29 is 9.59 Å². The molecule has 1 aliphatic carbocycles. The lowest BCUT2D eigenvalue weighted by atomic mass is 9.79. The number of likely N-dealkylation sites (tertiary alicyclic amines) is 1. The molecule has 1 saturated carbocycles. The Morgan fingerprint density at radius 3 is 2.50 bits per heavy atom. The van der Waals surface area contributed by atoms with E-state index in [0.717, 1.165) is 25.7 Å². The predicted molar refractivity (Wildman–Crippen MR) is 78.0 cm³/mol. The van der Waals surface area contributed by atoms with Crippen molar-refractivity contribution in [3.05, 3.63) is 0 Å².